The largest absolute Gasteiger partial charge is 0.364 e. The van der Waals surface area contributed by atoms with Gasteiger partial charge in [0.05, 0.1) is 10.2 Å². The zero-order valence-electron chi connectivity index (χ0n) is 12.4. The summed E-state index contributed by atoms with van der Waals surface area (Å²) in [4.78, 5) is 14.5. The first-order valence-electron chi connectivity index (χ1n) is 6.65. The summed E-state index contributed by atoms with van der Waals surface area (Å²) in [6, 6.07) is 2.10. The van der Waals surface area contributed by atoms with Crippen molar-refractivity contribution in [1.29, 1.82) is 0 Å². The Morgan fingerprint density at radius 2 is 1.90 bits per heavy atom. The van der Waals surface area contributed by atoms with Crippen LogP contribution in [0.3, 0.4) is 0 Å². The van der Waals surface area contributed by atoms with Crippen molar-refractivity contribution in [3.63, 3.8) is 0 Å². The zero-order valence-corrected chi connectivity index (χ0v) is 13.2. The third-order valence-corrected chi connectivity index (χ3v) is 4.12. The number of pyridine rings is 1. The van der Waals surface area contributed by atoms with Gasteiger partial charge in [0.15, 0.2) is 0 Å². The predicted octanol–water partition coefficient (Wildman–Crippen LogP) is 4.07. The maximum Gasteiger partial charge on any atom is 0.147 e. The molecular formula is C15H18N4S. The minimum atomic E-state index is -0.0319. The highest BCUT2D eigenvalue weighted by Crippen LogP contribution is 2.37. The van der Waals surface area contributed by atoms with E-state index >= 15 is 0 Å². The fourth-order valence-corrected chi connectivity index (χ4v) is 3.55. The van der Waals surface area contributed by atoms with Gasteiger partial charge in [0.1, 0.15) is 17.0 Å². The summed E-state index contributed by atoms with van der Waals surface area (Å²) in [5.74, 6) is 0.891. The summed E-state index contributed by atoms with van der Waals surface area (Å²) in [6.07, 6.45) is 1.63. The van der Waals surface area contributed by atoms with Crippen molar-refractivity contribution in [2.75, 3.05) is 5.32 Å². The Morgan fingerprint density at radius 3 is 2.60 bits per heavy atom. The molecule has 104 valence electrons. The predicted molar refractivity (Wildman–Crippen MR) is 85.6 cm³/mol. The molecular weight excluding hydrogens is 268 g/mol. The van der Waals surface area contributed by atoms with Crippen LogP contribution in [0.15, 0.2) is 12.4 Å². The number of anilines is 1. The number of hydrogen-bond donors (Lipinski definition) is 1. The molecule has 4 nitrogen and oxygen atoms in total. The van der Waals surface area contributed by atoms with Crippen molar-refractivity contribution in [3.05, 3.63) is 23.7 Å². The first-order chi connectivity index (χ1) is 9.35. The third-order valence-electron chi connectivity index (χ3n) is 3.04. The summed E-state index contributed by atoms with van der Waals surface area (Å²) in [7, 11) is 0. The van der Waals surface area contributed by atoms with Crippen LogP contribution in [0.5, 0.6) is 0 Å². The molecule has 0 aliphatic rings. The van der Waals surface area contributed by atoms with E-state index in [2.05, 4.69) is 54.0 Å². The molecule has 1 N–H and O–H groups in total. The number of aromatic nitrogens is 3. The van der Waals surface area contributed by atoms with Crippen LogP contribution in [0.4, 0.5) is 5.82 Å². The number of hydrogen-bond acceptors (Lipinski definition) is 5. The van der Waals surface area contributed by atoms with E-state index in [4.69, 9.17) is 0 Å². The third kappa shape index (κ3) is 2.22. The van der Waals surface area contributed by atoms with Crippen LogP contribution in [-0.2, 0) is 0 Å². The van der Waals surface area contributed by atoms with E-state index in [-0.39, 0.29) is 5.54 Å². The second-order valence-corrected chi connectivity index (χ2v) is 7.14. The van der Waals surface area contributed by atoms with Crippen LogP contribution in [0.2, 0.25) is 0 Å². The number of aryl methyl sites for hydroxylation is 2. The van der Waals surface area contributed by atoms with Crippen molar-refractivity contribution in [1.82, 2.24) is 15.0 Å². The molecule has 0 fully saturated rings. The molecule has 0 atom stereocenters. The number of nitrogens with one attached hydrogen (secondary N) is 1. The Bertz CT molecular complexity index is 799. The quantitative estimate of drug-likeness (QED) is 0.732. The van der Waals surface area contributed by atoms with E-state index in [0.717, 1.165) is 31.9 Å². The molecule has 0 unspecified atom stereocenters. The molecule has 0 saturated carbocycles. The molecule has 5 heteroatoms. The lowest BCUT2D eigenvalue weighted by Crippen LogP contribution is -2.26. The number of thiophene rings is 1. The molecule has 0 saturated heterocycles. The Balaban J connectivity index is 2.33. The first kappa shape index (κ1) is 13.2. The Hall–Kier alpha value is -1.75. The maximum absolute atomic E-state index is 4.63. The molecule has 0 aliphatic carbocycles. The van der Waals surface area contributed by atoms with Crippen LogP contribution < -0.4 is 5.32 Å². The van der Waals surface area contributed by atoms with Gasteiger partial charge in [-0.3, -0.25) is 0 Å². The molecule has 20 heavy (non-hydrogen) atoms. The summed E-state index contributed by atoms with van der Waals surface area (Å²) >= 11 is 1.66. The van der Waals surface area contributed by atoms with Gasteiger partial charge in [0.2, 0.25) is 0 Å². The van der Waals surface area contributed by atoms with Crippen LogP contribution >= 0.6 is 11.3 Å². The van der Waals surface area contributed by atoms with Crippen molar-refractivity contribution in [2.24, 2.45) is 0 Å². The summed E-state index contributed by atoms with van der Waals surface area (Å²) in [5, 5.41) is 4.60. The molecule has 0 aromatic carbocycles. The second kappa shape index (κ2) is 4.38. The van der Waals surface area contributed by atoms with E-state index in [1.165, 1.54) is 5.56 Å². The SMILES string of the molecule is Cc1cc(C)c2c(n1)sc1c(NC(C)(C)C)ncnc12. The van der Waals surface area contributed by atoms with E-state index in [9.17, 15) is 0 Å². The molecule has 0 amide bonds. The zero-order chi connectivity index (χ0) is 14.5. The standard InChI is InChI=1S/C15H18N4S/c1-8-6-9(2)18-14-10(8)11-12(20-14)13(17-7-16-11)19-15(3,4)5/h6-7H,1-5H3,(H,16,17,19). The topological polar surface area (TPSA) is 50.7 Å². The number of rotatable bonds is 1. The normalized spacial score (nSPS) is 12.2. The number of fused-ring (bicyclic) bond motifs is 3. The first-order valence-corrected chi connectivity index (χ1v) is 7.46. The molecule has 3 aromatic rings. The van der Waals surface area contributed by atoms with Gasteiger partial charge in [-0.05, 0) is 46.2 Å². The highest BCUT2D eigenvalue weighted by Gasteiger charge is 2.17. The van der Waals surface area contributed by atoms with Gasteiger partial charge in [0, 0.05) is 16.6 Å². The summed E-state index contributed by atoms with van der Waals surface area (Å²) in [5.41, 5.74) is 3.23. The van der Waals surface area contributed by atoms with Gasteiger partial charge in [-0.2, -0.15) is 0 Å². The highest BCUT2D eigenvalue weighted by atomic mass is 32.1. The molecule has 0 aliphatic heterocycles. The Morgan fingerprint density at radius 1 is 1.15 bits per heavy atom. The van der Waals surface area contributed by atoms with Crippen molar-refractivity contribution in [3.8, 4) is 0 Å². The summed E-state index contributed by atoms with van der Waals surface area (Å²) in [6.45, 7) is 10.5. The van der Waals surface area contributed by atoms with Crippen molar-refractivity contribution < 1.29 is 0 Å². The molecule has 0 radical (unpaired) electrons. The lowest BCUT2D eigenvalue weighted by molar-refractivity contribution is 0.631. The average molecular weight is 286 g/mol. The molecule has 3 heterocycles. The van der Waals surface area contributed by atoms with Crippen LogP contribution in [0.25, 0.3) is 20.4 Å². The van der Waals surface area contributed by atoms with E-state index in [1.807, 2.05) is 6.92 Å². The molecule has 3 aromatic heterocycles. The van der Waals surface area contributed by atoms with Gasteiger partial charge >= 0.3 is 0 Å². The van der Waals surface area contributed by atoms with Crippen LogP contribution in [0, 0.1) is 13.8 Å². The summed E-state index contributed by atoms with van der Waals surface area (Å²) < 4.78 is 1.08. The minimum Gasteiger partial charge on any atom is -0.364 e. The van der Waals surface area contributed by atoms with Crippen LogP contribution in [-0.4, -0.2) is 20.5 Å². The molecule has 0 spiro atoms. The Labute approximate surface area is 122 Å². The number of nitrogens with zero attached hydrogens (tertiary/aromatic N) is 3. The van der Waals surface area contributed by atoms with Crippen molar-refractivity contribution in [2.45, 2.75) is 40.2 Å². The van der Waals surface area contributed by atoms with Crippen molar-refractivity contribution >= 4 is 37.6 Å². The van der Waals surface area contributed by atoms with E-state index in [0.29, 0.717) is 0 Å². The lowest BCUT2D eigenvalue weighted by atomic mass is 10.1. The smallest absolute Gasteiger partial charge is 0.147 e. The average Bonchev–Trinajstić information content (AvgIpc) is 2.66. The minimum absolute atomic E-state index is 0.0319. The van der Waals surface area contributed by atoms with Gasteiger partial charge in [-0.15, -0.1) is 11.3 Å². The van der Waals surface area contributed by atoms with Gasteiger partial charge in [-0.1, -0.05) is 0 Å². The van der Waals surface area contributed by atoms with E-state index < -0.39 is 0 Å². The lowest BCUT2D eigenvalue weighted by Gasteiger charge is -2.21. The highest BCUT2D eigenvalue weighted by molar-refractivity contribution is 7.26. The van der Waals surface area contributed by atoms with Gasteiger partial charge < -0.3 is 5.32 Å². The second-order valence-electron chi connectivity index (χ2n) is 6.14. The maximum atomic E-state index is 4.63. The fourth-order valence-electron chi connectivity index (χ4n) is 2.35. The monoisotopic (exact) mass is 286 g/mol. The molecule has 3 rings (SSSR count). The molecule has 0 bridgehead atoms. The fraction of sp³-hybridized carbons (Fsp3) is 0.400. The van der Waals surface area contributed by atoms with Crippen LogP contribution in [0.1, 0.15) is 32.0 Å². The Kier molecular flexibility index (Phi) is 2.90. The van der Waals surface area contributed by atoms with E-state index in [1.54, 1.807) is 17.7 Å². The van der Waals surface area contributed by atoms with Gasteiger partial charge in [-0.25, -0.2) is 15.0 Å². The van der Waals surface area contributed by atoms with Gasteiger partial charge in [0.25, 0.3) is 0 Å².